The van der Waals surface area contributed by atoms with Crippen LogP contribution in [-0.4, -0.2) is 18.2 Å². The molecule has 0 saturated heterocycles. The van der Waals surface area contributed by atoms with E-state index in [0.29, 0.717) is 6.54 Å². The van der Waals surface area contributed by atoms with Gasteiger partial charge in [-0.3, -0.25) is 4.79 Å². The number of hydrogen-bond acceptors (Lipinski definition) is 2. The van der Waals surface area contributed by atoms with Crippen molar-refractivity contribution in [2.75, 3.05) is 12.3 Å². The lowest BCUT2D eigenvalue weighted by atomic mass is 10.1. The van der Waals surface area contributed by atoms with E-state index in [1.54, 1.807) is 6.08 Å². The van der Waals surface area contributed by atoms with Gasteiger partial charge in [0.1, 0.15) is 0 Å². The Morgan fingerprint density at radius 3 is 2.59 bits per heavy atom. The molecule has 1 N–H and O–H groups in total. The maximum Gasteiger partial charge on any atom is 0.244 e. The van der Waals surface area contributed by atoms with E-state index in [2.05, 4.69) is 17.4 Å². The largest absolute Gasteiger partial charge is 0.352 e. The summed E-state index contributed by atoms with van der Waals surface area (Å²) in [5, 5.41) is 2.91. The summed E-state index contributed by atoms with van der Waals surface area (Å²) in [7, 11) is 0. The highest BCUT2D eigenvalue weighted by molar-refractivity contribution is 7.98. The summed E-state index contributed by atoms with van der Waals surface area (Å²) < 4.78 is 0. The molecular weight excluding hydrogens is 290 g/mol. The first-order valence-electron chi connectivity index (χ1n) is 7.39. The van der Waals surface area contributed by atoms with E-state index in [1.165, 1.54) is 11.1 Å². The predicted molar refractivity (Wildman–Crippen MR) is 95.8 cm³/mol. The molecule has 0 aromatic heterocycles. The van der Waals surface area contributed by atoms with Crippen LogP contribution in [0.25, 0.3) is 6.08 Å². The molecule has 2 rings (SSSR count). The minimum absolute atomic E-state index is 0.0384. The average Bonchev–Trinajstić information content (AvgIpc) is 2.55. The third-order valence-corrected chi connectivity index (χ3v) is 4.29. The number of carbonyl (C=O) groups is 1. The van der Waals surface area contributed by atoms with Crippen LogP contribution in [0.2, 0.25) is 0 Å². The van der Waals surface area contributed by atoms with Gasteiger partial charge in [-0.25, -0.2) is 0 Å². The van der Waals surface area contributed by atoms with Crippen LogP contribution >= 0.6 is 11.8 Å². The van der Waals surface area contributed by atoms with Crippen molar-refractivity contribution in [3.05, 3.63) is 77.4 Å². The summed E-state index contributed by atoms with van der Waals surface area (Å²) in [5.41, 5.74) is 3.57. The Bertz CT molecular complexity index is 622. The molecule has 0 spiro atoms. The molecule has 2 nitrogen and oxygen atoms in total. The molecule has 2 aromatic carbocycles. The maximum atomic E-state index is 11.8. The molecule has 0 aliphatic carbocycles. The first-order chi connectivity index (χ1) is 10.8. The van der Waals surface area contributed by atoms with Crippen molar-refractivity contribution in [2.24, 2.45) is 0 Å². The number of nitrogens with one attached hydrogen (secondary N) is 1. The SMILES string of the molecule is Cc1ccccc1/C=C/C(=O)NCCSCc1ccccc1. The highest BCUT2D eigenvalue weighted by atomic mass is 32.2. The smallest absolute Gasteiger partial charge is 0.244 e. The lowest BCUT2D eigenvalue weighted by molar-refractivity contribution is -0.116. The molecule has 0 unspecified atom stereocenters. The summed E-state index contributed by atoms with van der Waals surface area (Å²) >= 11 is 1.83. The fraction of sp³-hybridized carbons (Fsp3) is 0.211. The number of amides is 1. The minimum Gasteiger partial charge on any atom is -0.352 e. The van der Waals surface area contributed by atoms with Crippen molar-refractivity contribution in [2.45, 2.75) is 12.7 Å². The molecule has 2 aromatic rings. The van der Waals surface area contributed by atoms with Crippen molar-refractivity contribution in [3.8, 4) is 0 Å². The van der Waals surface area contributed by atoms with Gasteiger partial charge in [-0.1, -0.05) is 54.6 Å². The van der Waals surface area contributed by atoms with Crippen LogP contribution in [0.5, 0.6) is 0 Å². The van der Waals surface area contributed by atoms with Crippen LogP contribution < -0.4 is 5.32 Å². The lowest BCUT2D eigenvalue weighted by Crippen LogP contribution is -2.23. The zero-order chi connectivity index (χ0) is 15.6. The summed E-state index contributed by atoms with van der Waals surface area (Å²) in [6, 6.07) is 18.4. The Morgan fingerprint density at radius 2 is 1.82 bits per heavy atom. The summed E-state index contributed by atoms with van der Waals surface area (Å²) in [6.07, 6.45) is 3.46. The summed E-state index contributed by atoms with van der Waals surface area (Å²) in [6.45, 7) is 2.73. The molecule has 22 heavy (non-hydrogen) atoms. The molecule has 0 atom stereocenters. The van der Waals surface area contributed by atoms with E-state index in [9.17, 15) is 4.79 Å². The van der Waals surface area contributed by atoms with Crippen LogP contribution in [0, 0.1) is 6.92 Å². The molecule has 0 saturated carbocycles. The number of thioether (sulfide) groups is 1. The number of carbonyl (C=O) groups excluding carboxylic acids is 1. The van der Waals surface area contributed by atoms with Crippen LogP contribution in [0.1, 0.15) is 16.7 Å². The third-order valence-electron chi connectivity index (χ3n) is 3.26. The van der Waals surface area contributed by atoms with Gasteiger partial charge in [-0.05, 0) is 29.7 Å². The van der Waals surface area contributed by atoms with E-state index >= 15 is 0 Å². The number of benzene rings is 2. The normalized spacial score (nSPS) is 10.8. The van der Waals surface area contributed by atoms with Gasteiger partial charge in [0.05, 0.1) is 0 Å². The van der Waals surface area contributed by atoms with Gasteiger partial charge in [0, 0.05) is 24.1 Å². The van der Waals surface area contributed by atoms with E-state index < -0.39 is 0 Å². The Kier molecular flexibility index (Phi) is 6.78. The Labute approximate surface area is 136 Å². The van der Waals surface area contributed by atoms with Crippen molar-refractivity contribution in [1.82, 2.24) is 5.32 Å². The van der Waals surface area contributed by atoms with Gasteiger partial charge in [-0.15, -0.1) is 0 Å². The number of rotatable bonds is 7. The van der Waals surface area contributed by atoms with Gasteiger partial charge in [0.2, 0.25) is 5.91 Å². The zero-order valence-corrected chi connectivity index (χ0v) is 13.6. The fourth-order valence-corrected chi connectivity index (χ4v) is 2.83. The monoisotopic (exact) mass is 311 g/mol. The maximum absolute atomic E-state index is 11.8. The van der Waals surface area contributed by atoms with E-state index in [4.69, 9.17) is 0 Å². The molecular formula is C19H21NOS. The highest BCUT2D eigenvalue weighted by Gasteiger charge is 1.97. The van der Waals surface area contributed by atoms with Crippen LogP contribution in [-0.2, 0) is 10.5 Å². The second kappa shape index (κ2) is 9.11. The van der Waals surface area contributed by atoms with E-state index in [0.717, 1.165) is 17.1 Å². The molecule has 0 radical (unpaired) electrons. The molecule has 0 bridgehead atoms. The van der Waals surface area contributed by atoms with Gasteiger partial charge in [0.15, 0.2) is 0 Å². The molecule has 114 valence electrons. The molecule has 0 aliphatic rings. The Balaban J connectivity index is 1.65. The minimum atomic E-state index is -0.0384. The Morgan fingerprint density at radius 1 is 1.09 bits per heavy atom. The third kappa shape index (κ3) is 5.78. The molecule has 1 amide bonds. The van der Waals surface area contributed by atoms with Crippen LogP contribution in [0.3, 0.4) is 0 Å². The van der Waals surface area contributed by atoms with E-state index in [1.807, 2.05) is 67.2 Å². The van der Waals surface area contributed by atoms with Crippen molar-refractivity contribution in [3.63, 3.8) is 0 Å². The molecule has 0 heterocycles. The van der Waals surface area contributed by atoms with Gasteiger partial charge >= 0.3 is 0 Å². The second-order valence-electron chi connectivity index (χ2n) is 5.02. The quantitative estimate of drug-likeness (QED) is 0.617. The highest BCUT2D eigenvalue weighted by Crippen LogP contribution is 2.11. The number of aryl methyl sites for hydroxylation is 1. The topological polar surface area (TPSA) is 29.1 Å². The van der Waals surface area contributed by atoms with Crippen molar-refractivity contribution >= 4 is 23.7 Å². The molecule has 0 fully saturated rings. The zero-order valence-electron chi connectivity index (χ0n) is 12.8. The predicted octanol–water partition coefficient (Wildman–Crippen LogP) is 4.06. The van der Waals surface area contributed by atoms with Crippen molar-refractivity contribution < 1.29 is 4.79 Å². The molecule has 3 heteroatoms. The first kappa shape index (κ1) is 16.4. The first-order valence-corrected chi connectivity index (χ1v) is 8.54. The van der Waals surface area contributed by atoms with Crippen molar-refractivity contribution in [1.29, 1.82) is 0 Å². The van der Waals surface area contributed by atoms with Gasteiger partial charge < -0.3 is 5.32 Å². The summed E-state index contributed by atoms with van der Waals surface area (Å²) in [4.78, 5) is 11.8. The average molecular weight is 311 g/mol. The standard InChI is InChI=1S/C19H21NOS/c1-16-7-5-6-10-18(16)11-12-19(21)20-13-14-22-15-17-8-3-2-4-9-17/h2-12H,13-15H2,1H3,(H,20,21)/b12-11+. The van der Waals surface area contributed by atoms with Gasteiger partial charge in [0.25, 0.3) is 0 Å². The second-order valence-corrected chi connectivity index (χ2v) is 6.12. The van der Waals surface area contributed by atoms with Gasteiger partial charge in [-0.2, -0.15) is 11.8 Å². The number of hydrogen-bond donors (Lipinski definition) is 1. The van der Waals surface area contributed by atoms with E-state index in [-0.39, 0.29) is 5.91 Å². The fourth-order valence-electron chi connectivity index (χ4n) is 2.01. The Hall–Kier alpha value is -2.00. The van der Waals surface area contributed by atoms with Crippen LogP contribution in [0.4, 0.5) is 0 Å². The van der Waals surface area contributed by atoms with Crippen LogP contribution in [0.15, 0.2) is 60.7 Å². The lowest BCUT2D eigenvalue weighted by Gasteiger charge is -2.03. The molecule has 0 aliphatic heterocycles. The summed E-state index contributed by atoms with van der Waals surface area (Å²) in [5.74, 6) is 1.86.